The first-order chi connectivity index (χ1) is 13.7. The molecule has 3 aromatic heterocycles. The Morgan fingerprint density at radius 2 is 1.96 bits per heavy atom. The lowest BCUT2D eigenvalue weighted by molar-refractivity contribution is 0.440. The van der Waals surface area contributed by atoms with Gasteiger partial charge in [0.15, 0.2) is 0 Å². The Morgan fingerprint density at radius 1 is 1.07 bits per heavy atom. The fraction of sp³-hybridized carbons (Fsp3) is 0.364. The van der Waals surface area contributed by atoms with Crippen LogP contribution in [0.1, 0.15) is 49.8 Å². The van der Waals surface area contributed by atoms with Gasteiger partial charge in [-0.05, 0) is 42.5 Å². The molecule has 0 radical (unpaired) electrons. The van der Waals surface area contributed by atoms with Gasteiger partial charge < -0.3 is 5.32 Å². The maximum atomic E-state index is 14.6. The summed E-state index contributed by atoms with van der Waals surface area (Å²) in [4.78, 5) is 11.3. The quantitative estimate of drug-likeness (QED) is 0.355. The monoisotopic (exact) mass is 411 g/mol. The van der Waals surface area contributed by atoms with E-state index in [1.165, 1.54) is 48.3 Å². The predicted octanol–water partition coefficient (Wildman–Crippen LogP) is 7.47. The first kappa shape index (κ1) is 18.0. The van der Waals surface area contributed by atoms with Crippen LogP contribution in [0.4, 0.5) is 15.8 Å². The van der Waals surface area contributed by atoms with Gasteiger partial charge in [0.25, 0.3) is 0 Å². The fourth-order valence-corrected chi connectivity index (χ4v) is 6.26. The number of hydrogen-bond acceptors (Lipinski definition) is 5. The minimum Gasteiger partial charge on any atom is -0.352 e. The van der Waals surface area contributed by atoms with Crippen molar-refractivity contribution in [3.8, 4) is 0 Å². The molecule has 6 heteroatoms. The van der Waals surface area contributed by atoms with E-state index >= 15 is 0 Å². The number of nitrogens with one attached hydrogen (secondary N) is 1. The Bertz CT molecular complexity index is 1130. The zero-order valence-corrected chi connectivity index (χ0v) is 17.4. The molecule has 3 nitrogen and oxygen atoms in total. The molecule has 0 spiro atoms. The maximum absolute atomic E-state index is 14.6. The van der Waals surface area contributed by atoms with Gasteiger partial charge in [-0.25, -0.2) is 14.4 Å². The van der Waals surface area contributed by atoms with E-state index < -0.39 is 0 Å². The molecule has 1 N–H and O–H groups in total. The lowest BCUT2D eigenvalue weighted by Gasteiger charge is -2.19. The summed E-state index contributed by atoms with van der Waals surface area (Å²) in [6.45, 7) is 2.38. The molecule has 3 heterocycles. The Morgan fingerprint density at radius 3 is 2.89 bits per heavy atom. The molecule has 0 unspecified atom stereocenters. The number of halogens is 1. The van der Waals surface area contributed by atoms with Gasteiger partial charge in [0.2, 0.25) is 0 Å². The summed E-state index contributed by atoms with van der Waals surface area (Å²) in [7, 11) is 0. The molecular weight excluding hydrogens is 389 g/mol. The molecular formula is C22H22FN3S2. The van der Waals surface area contributed by atoms with Crippen LogP contribution in [0, 0.1) is 11.7 Å². The van der Waals surface area contributed by atoms with Crippen LogP contribution in [-0.2, 0) is 0 Å². The van der Waals surface area contributed by atoms with Gasteiger partial charge in [-0.2, -0.15) is 0 Å². The van der Waals surface area contributed by atoms with Crippen molar-refractivity contribution < 1.29 is 4.39 Å². The third-order valence-corrected chi connectivity index (χ3v) is 7.84. The van der Waals surface area contributed by atoms with E-state index in [2.05, 4.69) is 28.3 Å². The van der Waals surface area contributed by atoms with Crippen LogP contribution in [-0.4, -0.2) is 9.97 Å². The minimum atomic E-state index is -0.255. The van der Waals surface area contributed by atoms with Crippen LogP contribution in [0.2, 0.25) is 0 Å². The summed E-state index contributed by atoms with van der Waals surface area (Å²) in [5, 5.41) is 4.37. The Balaban J connectivity index is 1.52. The van der Waals surface area contributed by atoms with Crippen LogP contribution in [0.15, 0.2) is 36.0 Å². The topological polar surface area (TPSA) is 37.8 Å². The summed E-state index contributed by atoms with van der Waals surface area (Å²) in [5.74, 6) is 1.06. The number of pyridine rings is 1. The molecule has 0 aliphatic heterocycles. The molecule has 1 aliphatic carbocycles. The van der Waals surface area contributed by atoms with Gasteiger partial charge in [-0.1, -0.05) is 32.6 Å². The van der Waals surface area contributed by atoms with Gasteiger partial charge >= 0.3 is 0 Å². The van der Waals surface area contributed by atoms with Gasteiger partial charge in [0, 0.05) is 16.5 Å². The summed E-state index contributed by atoms with van der Waals surface area (Å²) in [6, 6.07) is 7.55. The number of fused-ring (bicyclic) bond motifs is 2. The fourth-order valence-electron chi connectivity index (χ4n) is 4.29. The molecule has 1 fully saturated rings. The predicted molar refractivity (Wildman–Crippen MR) is 117 cm³/mol. The van der Waals surface area contributed by atoms with Crippen LogP contribution < -0.4 is 5.32 Å². The second-order valence-corrected chi connectivity index (χ2v) is 9.67. The SMILES string of the molecule is C[C@H]1CCCCC[C@@H]1c1cc2c(Nc3cc4ncsc4cc3F)ccnc2s1. The van der Waals surface area contributed by atoms with Crippen molar-refractivity contribution in [3.63, 3.8) is 0 Å². The highest BCUT2D eigenvalue weighted by Crippen LogP contribution is 2.42. The number of hydrogen-bond donors (Lipinski definition) is 1. The molecule has 2 atom stereocenters. The summed E-state index contributed by atoms with van der Waals surface area (Å²) >= 11 is 3.25. The molecule has 28 heavy (non-hydrogen) atoms. The van der Waals surface area contributed by atoms with Gasteiger partial charge in [0.05, 0.1) is 27.1 Å². The van der Waals surface area contributed by atoms with Crippen molar-refractivity contribution in [2.45, 2.75) is 44.9 Å². The summed E-state index contributed by atoms with van der Waals surface area (Å²) < 4.78 is 15.4. The molecule has 0 amide bonds. The van der Waals surface area contributed by atoms with Crippen LogP contribution in [0.3, 0.4) is 0 Å². The molecule has 0 bridgehead atoms. The Kier molecular flexibility index (Phi) is 4.77. The zero-order valence-electron chi connectivity index (χ0n) is 15.7. The van der Waals surface area contributed by atoms with E-state index in [0.717, 1.165) is 26.1 Å². The van der Waals surface area contributed by atoms with Crippen molar-refractivity contribution in [1.29, 1.82) is 0 Å². The van der Waals surface area contributed by atoms with E-state index in [1.807, 2.05) is 6.07 Å². The highest BCUT2D eigenvalue weighted by molar-refractivity contribution is 7.18. The average molecular weight is 412 g/mol. The van der Waals surface area contributed by atoms with E-state index in [-0.39, 0.29) is 5.82 Å². The maximum Gasteiger partial charge on any atom is 0.148 e. The van der Waals surface area contributed by atoms with E-state index in [0.29, 0.717) is 17.5 Å². The molecule has 1 saturated carbocycles. The van der Waals surface area contributed by atoms with Gasteiger partial charge in [-0.3, -0.25) is 0 Å². The van der Waals surface area contributed by atoms with E-state index in [1.54, 1.807) is 35.2 Å². The number of thiazole rings is 1. The van der Waals surface area contributed by atoms with Crippen molar-refractivity contribution in [1.82, 2.24) is 9.97 Å². The largest absolute Gasteiger partial charge is 0.352 e. The number of benzene rings is 1. The first-order valence-electron chi connectivity index (χ1n) is 9.87. The molecule has 144 valence electrons. The van der Waals surface area contributed by atoms with Crippen molar-refractivity contribution in [2.24, 2.45) is 5.92 Å². The van der Waals surface area contributed by atoms with Crippen LogP contribution >= 0.6 is 22.7 Å². The highest BCUT2D eigenvalue weighted by atomic mass is 32.1. The second kappa shape index (κ2) is 7.41. The first-order valence-corrected chi connectivity index (χ1v) is 11.6. The number of nitrogens with zero attached hydrogens (tertiary/aromatic N) is 2. The summed E-state index contributed by atoms with van der Waals surface area (Å²) in [5.41, 5.74) is 3.93. The van der Waals surface area contributed by atoms with E-state index in [9.17, 15) is 4.39 Å². The van der Waals surface area contributed by atoms with Crippen LogP contribution in [0.25, 0.3) is 20.4 Å². The molecule has 5 rings (SSSR count). The lowest BCUT2D eigenvalue weighted by atomic mass is 9.88. The third kappa shape index (κ3) is 3.29. The lowest BCUT2D eigenvalue weighted by Crippen LogP contribution is -2.06. The normalized spacial score (nSPS) is 20.5. The Labute approximate surface area is 171 Å². The van der Waals surface area contributed by atoms with Gasteiger partial charge in [-0.15, -0.1) is 22.7 Å². The number of anilines is 2. The van der Waals surface area contributed by atoms with E-state index in [4.69, 9.17) is 0 Å². The third-order valence-electron chi connectivity index (χ3n) is 5.87. The number of aromatic nitrogens is 2. The van der Waals surface area contributed by atoms with Crippen LogP contribution in [0.5, 0.6) is 0 Å². The molecule has 1 aromatic carbocycles. The minimum absolute atomic E-state index is 0.255. The standard InChI is InChI=1S/C22H22FN3S2/c1-13-5-3-2-4-6-14(13)20-9-15-17(7-8-24-22(15)28-20)26-18-11-19-21(10-16(18)23)27-12-25-19/h7-14H,2-6H2,1H3,(H,24,26)/t13-,14-/m0/s1. The average Bonchev–Trinajstić information content (AvgIpc) is 3.26. The molecule has 0 saturated heterocycles. The number of rotatable bonds is 3. The molecule has 4 aromatic rings. The molecule has 1 aliphatic rings. The summed E-state index contributed by atoms with van der Waals surface area (Å²) in [6.07, 6.45) is 8.35. The van der Waals surface area contributed by atoms with Crippen molar-refractivity contribution >= 4 is 54.5 Å². The number of thiophene rings is 1. The van der Waals surface area contributed by atoms with Crippen molar-refractivity contribution in [3.05, 3.63) is 46.7 Å². The van der Waals surface area contributed by atoms with Crippen molar-refractivity contribution in [2.75, 3.05) is 5.32 Å². The second-order valence-electron chi connectivity index (χ2n) is 7.73. The zero-order chi connectivity index (χ0) is 19.1. The highest BCUT2D eigenvalue weighted by Gasteiger charge is 2.24. The smallest absolute Gasteiger partial charge is 0.148 e. The van der Waals surface area contributed by atoms with Gasteiger partial charge in [0.1, 0.15) is 10.6 Å². The Hall–Kier alpha value is -2.05.